The first-order valence-corrected chi connectivity index (χ1v) is 13.1. The Hall–Kier alpha value is -3.67. The highest BCUT2D eigenvalue weighted by Gasteiger charge is 2.34. The van der Waals surface area contributed by atoms with Gasteiger partial charge in [-0.25, -0.2) is 19.9 Å². The maximum atomic E-state index is 13.1. The molecule has 4 aromatic heterocycles. The van der Waals surface area contributed by atoms with Crippen molar-refractivity contribution in [1.29, 1.82) is 0 Å². The van der Waals surface area contributed by atoms with Gasteiger partial charge < -0.3 is 26.4 Å². The number of hydrogen-bond acceptors (Lipinski definition) is 13. The number of thiazole rings is 1. The van der Waals surface area contributed by atoms with Gasteiger partial charge in [0.25, 0.3) is 5.91 Å². The summed E-state index contributed by atoms with van der Waals surface area (Å²) >= 11 is 7.88. The van der Waals surface area contributed by atoms with Crippen LogP contribution in [-0.2, 0) is 6.18 Å². The SMILES string of the molecule is CC(NC(=O)c1cc(NCCNc2cnns2)ncn1)c1ncc(C(O)Nc2cc(C(F)(F)F)c(Cl)cn2)s1. The van der Waals surface area contributed by atoms with E-state index < -0.39 is 34.9 Å². The lowest BCUT2D eigenvalue weighted by molar-refractivity contribution is -0.137. The number of aliphatic hydroxyl groups is 1. The second kappa shape index (κ2) is 12.5. The standard InChI is InChI=1S/C21H20ClF3N10O2S2/c1-10(33-18(36)13-5-15(31-9-30-13)26-2-3-27-17-8-32-35-39-17)20-29-7-14(38-20)19(37)34-16-4-11(21(23,24)25)12(22)6-28-16/h4-10,19,27,37H,2-3H2,1H3,(H,28,34)(H,33,36)(H,26,30,31). The molecule has 0 aliphatic heterocycles. The third kappa shape index (κ3) is 7.69. The molecule has 12 nitrogen and oxygen atoms in total. The van der Waals surface area contributed by atoms with Gasteiger partial charge in [-0.05, 0) is 13.0 Å². The van der Waals surface area contributed by atoms with Gasteiger partial charge in [0, 0.05) is 43.1 Å². The van der Waals surface area contributed by atoms with E-state index >= 15 is 0 Å². The number of pyridine rings is 1. The number of carbonyl (C=O) groups excluding carboxylic acids is 1. The van der Waals surface area contributed by atoms with Crippen molar-refractivity contribution in [3.63, 3.8) is 0 Å². The molecule has 0 fully saturated rings. The summed E-state index contributed by atoms with van der Waals surface area (Å²) in [5.41, 5.74) is -0.949. The van der Waals surface area contributed by atoms with Crippen LogP contribution >= 0.6 is 34.5 Å². The van der Waals surface area contributed by atoms with Crippen molar-refractivity contribution in [2.75, 3.05) is 29.0 Å². The summed E-state index contributed by atoms with van der Waals surface area (Å²) in [5, 5.41) is 26.4. The van der Waals surface area contributed by atoms with Crippen LogP contribution < -0.4 is 21.3 Å². The molecule has 0 aromatic carbocycles. The highest BCUT2D eigenvalue weighted by atomic mass is 35.5. The van der Waals surface area contributed by atoms with E-state index in [1.807, 2.05) is 0 Å². The summed E-state index contributed by atoms with van der Waals surface area (Å²) in [6.45, 7) is 2.79. The first-order valence-electron chi connectivity index (χ1n) is 11.1. The zero-order valence-corrected chi connectivity index (χ0v) is 22.3. The summed E-state index contributed by atoms with van der Waals surface area (Å²) in [7, 11) is 0. The molecule has 0 aliphatic rings. The number of nitrogens with one attached hydrogen (secondary N) is 4. The zero-order valence-electron chi connectivity index (χ0n) is 19.9. The van der Waals surface area contributed by atoms with Crippen LogP contribution in [0.2, 0.25) is 5.02 Å². The van der Waals surface area contributed by atoms with Gasteiger partial charge in [-0.2, -0.15) is 13.2 Å². The highest BCUT2D eigenvalue weighted by molar-refractivity contribution is 7.11. The van der Waals surface area contributed by atoms with Gasteiger partial charge in [-0.3, -0.25) is 4.79 Å². The average Bonchev–Trinajstić information content (AvgIpc) is 3.60. The second-order valence-corrected chi connectivity index (χ2v) is 10.1. The van der Waals surface area contributed by atoms with E-state index in [1.165, 1.54) is 30.1 Å². The molecular weight excluding hydrogens is 581 g/mol. The molecule has 4 rings (SSSR count). The first kappa shape index (κ1) is 28.3. The van der Waals surface area contributed by atoms with Crippen LogP contribution in [0.25, 0.3) is 0 Å². The molecule has 39 heavy (non-hydrogen) atoms. The number of amides is 1. The molecule has 0 saturated carbocycles. The van der Waals surface area contributed by atoms with Crippen molar-refractivity contribution < 1.29 is 23.1 Å². The molecule has 0 aliphatic carbocycles. The Morgan fingerprint density at radius 3 is 2.62 bits per heavy atom. The van der Waals surface area contributed by atoms with Crippen LogP contribution in [0.3, 0.4) is 0 Å². The van der Waals surface area contributed by atoms with Gasteiger partial charge >= 0.3 is 6.18 Å². The fourth-order valence-electron chi connectivity index (χ4n) is 3.11. The van der Waals surface area contributed by atoms with Crippen LogP contribution in [-0.4, -0.2) is 53.6 Å². The van der Waals surface area contributed by atoms with E-state index in [4.69, 9.17) is 11.6 Å². The Morgan fingerprint density at radius 1 is 1.08 bits per heavy atom. The third-order valence-electron chi connectivity index (χ3n) is 4.97. The molecular formula is C21H20ClF3N10O2S2. The number of hydrogen-bond donors (Lipinski definition) is 5. The monoisotopic (exact) mass is 600 g/mol. The van der Waals surface area contributed by atoms with Crippen LogP contribution in [0.5, 0.6) is 0 Å². The molecule has 0 bridgehead atoms. The largest absolute Gasteiger partial charge is 0.418 e. The minimum atomic E-state index is -4.68. The lowest BCUT2D eigenvalue weighted by Crippen LogP contribution is -2.27. The van der Waals surface area contributed by atoms with Crippen LogP contribution in [0, 0.1) is 0 Å². The fraction of sp³-hybridized carbons (Fsp3) is 0.286. The molecule has 0 spiro atoms. The molecule has 4 aromatic rings. The van der Waals surface area contributed by atoms with Crippen molar-refractivity contribution >= 4 is 57.0 Å². The number of alkyl halides is 3. The zero-order chi connectivity index (χ0) is 28.0. The Morgan fingerprint density at radius 2 is 1.87 bits per heavy atom. The van der Waals surface area contributed by atoms with Crippen molar-refractivity contribution in [3.05, 3.63) is 63.2 Å². The Balaban J connectivity index is 1.31. The predicted octanol–water partition coefficient (Wildman–Crippen LogP) is 3.97. The van der Waals surface area contributed by atoms with Gasteiger partial charge in [-0.1, -0.05) is 16.1 Å². The molecule has 2 atom stereocenters. The number of aromatic nitrogens is 6. The highest BCUT2D eigenvalue weighted by Crippen LogP contribution is 2.36. The predicted molar refractivity (Wildman–Crippen MR) is 140 cm³/mol. The maximum Gasteiger partial charge on any atom is 0.418 e. The summed E-state index contributed by atoms with van der Waals surface area (Å²) in [5.74, 6) is -0.232. The van der Waals surface area contributed by atoms with E-state index in [9.17, 15) is 23.1 Å². The first-order chi connectivity index (χ1) is 18.6. The van der Waals surface area contributed by atoms with Gasteiger partial charge in [-0.15, -0.1) is 16.4 Å². The lowest BCUT2D eigenvalue weighted by Gasteiger charge is -2.14. The van der Waals surface area contributed by atoms with Crippen LogP contribution in [0.4, 0.5) is 29.8 Å². The number of halogens is 4. The smallest absolute Gasteiger partial charge is 0.373 e. The maximum absolute atomic E-state index is 13.1. The minimum absolute atomic E-state index is 0.131. The van der Waals surface area contributed by atoms with Gasteiger partial charge in [0.05, 0.1) is 27.7 Å². The molecule has 0 radical (unpaired) electrons. The molecule has 5 N–H and O–H groups in total. The van der Waals surface area contributed by atoms with E-state index in [0.29, 0.717) is 34.9 Å². The molecule has 0 saturated heterocycles. The number of aliphatic hydroxyl groups excluding tert-OH is 1. The second-order valence-electron chi connectivity index (χ2n) is 7.81. The summed E-state index contributed by atoms with van der Waals surface area (Å²) in [4.78, 5) is 29.1. The molecule has 4 heterocycles. The van der Waals surface area contributed by atoms with Gasteiger partial charge in [0.15, 0.2) is 6.23 Å². The minimum Gasteiger partial charge on any atom is -0.373 e. The lowest BCUT2D eigenvalue weighted by atomic mass is 10.2. The normalized spacial score (nSPS) is 13.0. The van der Waals surface area contributed by atoms with Crippen molar-refractivity contribution in [3.8, 4) is 0 Å². The van der Waals surface area contributed by atoms with E-state index in [-0.39, 0.29) is 11.5 Å². The average molecular weight is 601 g/mol. The van der Waals surface area contributed by atoms with E-state index in [1.54, 1.807) is 13.1 Å². The van der Waals surface area contributed by atoms with E-state index in [2.05, 4.69) is 50.8 Å². The number of anilines is 3. The Bertz CT molecular complexity index is 1410. The van der Waals surface area contributed by atoms with Crippen molar-refractivity contribution in [2.24, 2.45) is 0 Å². The van der Waals surface area contributed by atoms with Gasteiger partial charge in [0.2, 0.25) is 0 Å². The molecule has 2 unspecified atom stereocenters. The summed E-state index contributed by atoms with van der Waals surface area (Å²) in [6, 6.07) is 1.65. The van der Waals surface area contributed by atoms with Crippen molar-refractivity contribution in [2.45, 2.75) is 25.4 Å². The summed E-state index contributed by atoms with van der Waals surface area (Å²) < 4.78 is 43.0. The van der Waals surface area contributed by atoms with Crippen LogP contribution in [0.1, 0.15) is 45.1 Å². The number of nitrogens with zero attached hydrogens (tertiary/aromatic N) is 6. The third-order valence-corrected chi connectivity index (χ3v) is 7.12. The fourth-order valence-corrected chi connectivity index (χ4v) is 4.62. The number of carbonyl (C=O) groups is 1. The van der Waals surface area contributed by atoms with Gasteiger partial charge in [0.1, 0.15) is 33.7 Å². The van der Waals surface area contributed by atoms with E-state index in [0.717, 1.165) is 22.5 Å². The van der Waals surface area contributed by atoms with Crippen LogP contribution in [0.15, 0.2) is 37.1 Å². The summed E-state index contributed by atoms with van der Waals surface area (Å²) in [6.07, 6.45) is -0.993. The molecule has 1 amide bonds. The number of rotatable bonds is 11. The topological polar surface area (TPSA) is 163 Å². The molecule has 206 valence electrons. The Labute approximate surface area is 232 Å². The Kier molecular flexibility index (Phi) is 9.05. The van der Waals surface area contributed by atoms with Crippen molar-refractivity contribution in [1.82, 2.24) is 34.8 Å². The molecule has 18 heteroatoms. The quantitative estimate of drug-likeness (QED) is 0.125.